The van der Waals surface area contributed by atoms with Crippen LogP contribution in [0.2, 0.25) is 0 Å². The van der Waals surface area contributed by atoms with Gasteiger partial charge in [-0.1, -0.05) is 24.6 Å². The number of unbranched alkanes of at least 4 members (excludes halogenated alkanes) is 2. The van der Waals surface area contributed by atoms with Gasteiger partial charge in [0.15, 0.2) is 0 Å². The van der Waals surface area contributed by atoms with E-state index >= 15 is 0 Å². The number of carbonyl (C=O) groups excluding carboxylic acids is 1. The molecule has 0 saturated heterocycles. The highest BCUT2D eigenvalue weighted by molar-refractivity contribution is 7.98. The minimum atomic E-state index is -0.995. The van der Waals surface area contributed by atoms with Crippen molar-refractivity contribution in [2.75, 3.05) is 18.6 Å². The number of carbonyl (C=O) groups is 2. The van der Waals surface area contributed by atoms with Crippen molar-refractivity contribution < 1.29 is 14.7 Å². The molecule has 0 aliphatic rings. The van der Waals surface area contributed by atoms with E-state index in [2.05, 4.69) is 11.6 Å². The molecule has 0 heterocycles. The van der Waals surface area contributed by atoms with Gasteiger partial charge >= 0.3 is 5.97 Å². The second-order valence-electron chi connectivity index (χ2n) is 4.54. The molecule has 1 aromatic rings. The zero-order chi connectivity index (χ0) is 14.8. The van der Waals surface area contributed by atoms with Gasteiger partial charge in [0.25, 0.3) is 0 Å². The van der Waals surface area contributed by atoms with E-state index in [0.717, 1.165) is 18.6 Å². The van der Waals surface area contributed by atoms with Crippen LogP contribution in [-0.2, 0) is 11.2 Å². The summed E-state index contributed by atoms with van der Waals surface area (Å²) in [7, 11) is 0. The summed E-state index contributed by atoms with van der Waals surface area (Å²) in [6.07, 6.45) is 5.44. The maximum atomic E-state index is 11.8. The minimum absolute atomic E-state index is 0.118. The van der Waals surface area contributed by atoms with Gasteiger partial charge in [0, 0.05) is 6.54 Å². The van der Waals surface area contributed by atoms with E-state index in [1.165, 1.54) is 12.5 Å². The molecule has 0 atom stereocenters. The highest BCUT2D eigenvalue weighted by Gasteiger charge is 2.11. The summed E-state index contributed by atoms with van der Waals surface area (Å²) in [5.74, 6) is 0.0361. The molecule has 5 heteroatoms. The van der Waals surface area contributed by atoms with Gasteiger partial charge < -0.3 is 10.4 Å². The Hall–Kier alpha value is -1.49. The van der Waals surface area contributed by atoms with E-state index in [-0.39, 0.29) is 17.9 Å². The molecule has 1 amide bonds. The molecule has 0 bridgehead atoms. The Kier molecular flexibility index (Phi) is 7.80. The number of rotatable bonds is 9. The summed E-state index contributed by atoms with van der Waals surface area (Å²) in [5.41, 5.74) is 0.752. The largest absolute Gasteiger partial charge is 0.478 e. The number of carboxylic acid groups (broad SMARTS) is 1. The number of carboxylic acids is 1. The fraction of sp³-hybridized carbons (Fsp3) is 0.467. The molecule has 0 saturated carbocycles. The molecule has 0 aromatic heterocycles. The monoisotopic (exact) mass is 295 g/mol. The summed E-state index contributed by atoms with van der Waals surface area (Å²) >= 11 is 1.83. The van der Waals surface area contributed by atoms with Crippen LogP contribution in [0.5, 0.6) is 0 Å². The Bertz CT molecular complexity index is 448. The van der Waals surface area contributed by atoms with Gasteiger partial charge in [-0.05, 0) is 36.5 Å². The third-order valence-electron chi connectivity index (χ3n) is 2.95. The van der Waals surface area contributed by atoms with Crippen molar-refractivity contribution in [2.45, 2.75) is 25.7 Å². The Morgan fingerprint density at radius 1 is 1.20 bits per heavy atom. The van der Waals surface area contributed by atoms with Gasteiger partial charge in [-0.25, -0.2) is 4.79 Å². The lowest BCUT2D eigenvalue weighted by Gasteiger charge is -2.07. The van der Waals surface area contributed by atoms with Crippen molar-refractivity contribution in [1.29, 1.82) is 0 Å². The lowest BCUT2D eigenvalue weighted by atomic mass is 10.0. The minimum Gasteiger partial charge on any atom is -0.478 e. The molecule has 110 valence electrons. The second-order valence-corrected chi connectivity index (χ2v) is 5.53. The van der Waals surface area contributed by atoms with Crippen LogP contribution in [0.1, 0.15) is 35.2 Å². The van der Waals surface area contributed by atoms with Crippen molar-refractivity contribution in [1.82, 2.24) is 5.32 Å². The van der Waals surface area contributed by atoms with E-state index in [4.69, 9.17) is 5.11 Å². The van der Waals surface area contributed by atoms with Crippen molar-refractivity contribution in [3.63, 3.8) is 0 Å². The molecule has 0 unspecified atom stereocenters. The fourth-order valence-corrected chi connectivity index (χ4v) is 2.39. The number of hydrogen-bond acceptors (Lipinski definition) is 3. The maximum absolute atomic E-state index is 11.8. The Balaban J connectivity index is 2.34. The SMILES string of the molecule is CSCCCCCNC(=O)Cc1ccccc1C(=O)O. The van der Waals surface area contributed by atoms with Gasteiger partial charge in [-0.2, -0.15) is 11.8 Å². The van der Waals surface area contributed by atoms with E-state index in [1.807, 2.05) is 11.8 Å². The van der Waals surface area contributed by atoms with Crippen LogP contribution in [0.25, 0.3) is 0 Å². The molecule has 2 N–H and O–H groups in total. The van der Waals surface area contributed by atoms with Gasteiger partial charge in [-0.3, -0.25) is 4.79 Å². The first-order valence-electron chi connectivity index (χ1n) is 6.72. The quantitative estimate of drug-likeness (QED) is 0.687. The van der Waals surface area contributed by atoms with Gasteiger partial charge in [-0.15, -0.1) is 0 Å². The van der Waals surface area contributed by atoms with E-state index < -0.39 is 5.97 Å². The van der Waals surface area contributed by atoms with Crippen LogP contribution < -0.4 is 5.32 Å². The van der Waals surface area contributed by atoms with Crippen LogP contribution >= 0.6 is 11.8 Å². The van der Waals surface area contributed by atoms with Crippen molar-refractivity contribution in [2.24, 2.45) is 0 Å². The molecular weight excluding hydrogens is 274 g/mol. The highest BCUT2D eigenvalue weighted by Crippen LogP contribution is 2.09. The predicted octanol–water partition coefficient (Wildman–Crippen LogP) is 2.58. The Labute approximate surface area is 124 Å². The first kappa shape index (κ1) is 16.6. The lowest BCUT2D eigenvalue weighted by molar-refractivity contribution is -0.120. The third-order valence-corrected chi connectivity index (χ3v) is 3.64. The standard InChI is InChI=1S/C15H21NO3S/c1-20-10-6-2-5-9-16-14(17)11-12-7-3-4-8-13(12)15(18)19/h3-4,7-8H,2,5-6,9-11H2,1H3,(H,16,17)(H,18,19). The fourth-order valence-electron chi connectivity index (χ4n) is 1.89. The first-order valence-corrected chi connectivity index (χ1v) is 8.11. The van der Waals surface area contributed by atoms with E-state index in [0.29, 0.717) is 12.1 Å². The van der Waals surface area contributed by atoms with E-state index in [9.17, 15) is 9.59 Å². The van der Waals surface area contributed by atoms with Crippen LogP contribution in [-0.4, -0.2) is 35.5 Å². The average molecular weight is 295 g/mol. The number of nitrogens with one attached hydrogen (secondary N) is 1. The van der Waals surface area contributed by atoms with Crippen LogP contribution in [0.3, 0.4) is 0 Å². The van der Waals surface area contributed by atoms with Crippen molar-refractivity contribution in [3.05, 3.63) is 35.4 Å². The molecule has 0 aliphatic heterocycles. The molecule has 0 fully saturated rings. The summed E-state index contributed by atoms with van der Waals surface area (Å²) in [5, 5.41) is 11.9. The summed E-state index contributed by atoms with van der Waals surface area (Å²) < 4.78 is 0. The summed E-state index contributed by atoms with van der Waals surface area (Å²) in [6, 6.07) is 6.61. The first-order chi connectivity index (χ1) is 9.65. The Morgan fingerprint density at radius 2 is 1.95 bits per heavy atom. The number of aromatic carboxylic acids is 1. The van der Waals surface area contributed by atoms with Crippen LogP contribution in [0.15, 0.2) is 24.3 Å². The topological polar surface area (TPSA) is 66.4 Å². The number of thioether (sulfide) groups is 1. The summed E-state index contributed by atoms with van der Waals surface area (Å²) in [6.45, 7) is 0.655. The van der Waals surface area contributed by atoms with E-state index in [1.54, 1.807) is 18.2 Å². The molecule has 1 aromatic carbocycles. The van der Waals surface area contributed by atoms with Gasteiger partial charge in [0.05, 0.1) is 12.0 Å². The number of amides is 1. The predicted molar refractivity (Wildman–Crippen MR) is 82.3 cm³/mol. The van der Waals surface area contributed by atoms with Crippen molar-refractivity contribution >= 4 is 23.6 Å². The molecular formula is C15H21NO3S. The van der Waals surface area contributed by atoms with Crippen molar-refractivity contribution in [3.8, 4) is 0 Å². The number of hydrogen-bond donors (Lipinski definition) is 2. The van der Waals surface area contributed by atoms with Gasteiger partial charge in [0.2, 0.25) is 5.91 Å². The second kappa shape index (κ2) is 9.42. The summed E-state index contributed by atoms with van der Waals surface area (Å²) in [4.78, 5) is 22.8. The lowest BCUT2D eigenvalue weighted by Crippen LogP contribution is -2.26. The average Bonchev–Trinajstić information content (AvgIpc) is 2.43. The third kappa shape index (κ3) is 6.10. The zero-order valence-corrected chi connectivity index (χ0v) is 12.5. The molecule has 1 rings (SSSR count). The normalized spacial score (nSPS) is 10.2. The number of benzene rings is 1. The molecule has 0 radical (unpaired) electrons. The molecule has 0 aliphatic carbocycles. The van der Waals surface area contributed by atoms with Gasteiger partial charge in [0.1, 0.15) is 0 Å². The van der Waals surface area contributed by atoms with Crippen LogP contribution in [0, 0.1) is 0 Å². The maximum Gasteiger partial charge on any atom is 0.335 e. The zero-order valence-electron chi connectivity index (χ0n) is 11.7. The smallest absolute Gasteiger partial charge is 0.335 e. The van der Waals surface area contributed by atoms with Crippen LogP contribution in [0.4, 0.5) is 0 Å². The molecule has 4 nitrogen and oxygen atoms in total. The molecule has 20 heavy (non-hydrogen) atoms. The molecule has 0 spiro atoms. The Morgan fingerprint density at radius 3 is 2.65 bits per heavy atom. The highest BCUT2D eigenvalue weighted by atomic mass is 32.2.